The molecule has 27 heavy (non-hydrogen) atoms. The SMILES string of the molecule is Cc1cc(=O)oc2cc(OC(C)C(=O)Nc3nc4ccccc4s3)ccc12. The molecular weight excluding hydrogens is 364 g/mol. The summed E-state index contributed by atoms with van der Waals surface area (Å²) in [4.78, 5) is 28.4. The Morgan fingerprint density at radius 3 is 2.85 bits per heavy atom. The lowest BCUT2D eigenvalue weighted by molar-refractivity contribution is -0.122. The van der Waals surface area contributed by atoms with E-state index in [1.807, 2.05) is 31.2 Å². The molecule has 136 valence electrons. The second-order valence-electron chi connectivity index (χ2n) is 6.14. The van der Waals surface area contributed by atoms with E-state index in [0.29, 0.717) is 16.5 Å². The van der Waals surface area contributed by atoms with Crippen LogP contribution in [0.1, 0.15) is 12.5 Å². The third-order valence-corrected chi connectivity index (χ3v) is 5.08. The molecule has 4 rings (SSSR count). The monoisotopic (exact) mass is 380 g/mol. The van der Waals surface area contributed by atoms with Crippen LogP contribution in [0, 0.1) is 6.92 Å². The van der Waals surface area contributed by atoms with E-state index in [2.05, 4.69) is 10.3 Å². The lowest BCUT2D eigenvalue weighted by Crippen LogP contribution is -2.30. The van der Waals surface area contributed by atoms with E-state index in [-0.39, 0.29) is 5.91 Å². The first kappa shape index (κ1) is 17.2. The number of fused-ring (bicyclic) bond motifs is 2. The van der Waals surface area contributed by atoms with E-state index < -0.39 is 11.7 Å². The summed E-state index contributed by atoms with van der Waals surface area (Å²) in [5, 5.41) is 4.13. The van der Waals surface area contributed by atoms with Crippen molar-refractivity contribution in [2.45, 2.75) is 20.0 Å². The van der Waals surface area contributed by atoms with Crippen molar-refractivity contribution < 1.29 is 13.9 Å². The summed E-state index contributed by atoms with van der Waals surface area (Å²) in [5.41, 5.74) is 1.68. The summed E-state index contributed by atoms with van der Waals surface area (Å²) in [6, 6.07) is 14.3. The number of benzene rings is 2. The van der Waals surface area contributed by atoms with Gasteiger partial charge < -0.3 is 9.15 Å². The molecule has 7 heteroatoms. The maximum absolute atomic E-state index is 12.4. The van der Waals surface area contributed by atoms with E-state index >= 15 is 0 Å². The summed E-state index contributed by atoms with van der Waals surface area (Å²) in [6.07, 6.45) is -0.744. The quantitative estimate of drug-likeness (QED) is 0.539. The van der Waals surface area contributed by atoms with Crippen LogP contribution >= 0.6 is 11.3 Å². The zero-order chi connectivity index (χ0) is 19.0. The summed E-state index contributed by atoms with van der Waals surface area (Å²) in [5.74, 6) is 0.142. The first-order valence-electron chi connectivity index (χ1n) is 8.37. The van der Waals surface area contributed by atoms with Crippen LogP contribution in [0.2, 0.25) is 0 Å². The lowest BCUT2D eigenvalue weighted by Gasteiger charge is -2.14. The highest BCUT2D eigenvalue weighted by Crippen LogP contribution is 2.26. The minimum Gasteiger partial charge on any atom is -0.481 e. The van der Waals surface area contributed by atoms with E-state index in [4.69, 9.17) is 9.15 Å². The largest absolute Gasteiger partial charge is 0.481 e. The number of rotatable bonds is 4. The van der Waals surface area contributed by atoms with Crippen LogP contribution in [0.4, 0.5) is 5.13 Å². The van der Waals surface area contributed by atoms with Gasteiger partial charge in [0.1, 0.15) is 11.3 Å². The van der Waals surface area contributed by atoms with Gasteiger partial charge in [0.05, 0.1) is 10.2 Å². The van der Waals surface area contributed by atoms with E-state index in [1.165, 1.54) is 17.4 Å². The molecule has 2 aromatic heterocycles. The Hall–Kier alpha value is -3.19. The standard InChI is InChI=1S/C20H16N2O4S/c1-11-9-18(23)26-16-10-13(7-8-14(11)16)25-12(2)19(24)22-20-21-15-5-3-4-6-17(15)27-20/h3-10,12H,1-2H3,(H,21,22,24). The highest BCUT2D eigenvalue weighted by Gasteiger charge is 2.17. The number of amides is 1. The fraction of sp³-hybridized carbons (Fsp3) is 0.150. The second-order valence-corrected chi connectivity index (χ2v) is 7.17. The zero-order valence-electron chi connectivity index (χ0n) is 14.7. The molecule has 2 heterocycles. The molecule has 1 unspecified atom stereocenters. The summed E-state index contributed by atoms with van der Waals surface area (Å²) >= 11 is 1.41. The summed E-state index contributed by atoms with van der Waals surface area (Å²) in [7, 11) is 0. The van der Waals surface area contributed by atoms with Crippen LogP contribution in [0.3, 0.4) is 0 Å². The number of aromatic nitrogens is 1. The molecule has 0 fully saturated rings. The van der Waals surface area contributed by atoms with Crippen LogP contribution in [0.25, 0.3) is 21.2 Å². The Labute approximate surface area is 158 Å². The number of nitrogens with zero attached hydrogens (tertiary/aromatic N) is 1. The minimum atomic E-state index is -0.744. The smallest absolute Gasteiger partial charge is 0.336 e. The molecule has 0 saturated carbocycles. The number of hydrogen-bond donors (Lipinski definition) is 1. The highest BCUT2D eigenvalue weighted by molar-refractivity contribution is 7.22. The van der Waals surface area contributed by atoms with E-state index in [0.717, 1.165) is 21.2 Å². The van der Waals surface area contributed by atoms with Crippen LogP contribution in [0.15, 0.2) is 57.7 Å². The van der Waals surface area contributed by atoms with Crippen molar-refractivity contribution in [1.82, 2.24) is 4.98 Å². The fourth-order valence-electron chi connectivity index (χ4n) is 2.77. The number of nitrogens with one attached hydrogen (secondary N) is 1. The Morgan fingerprint density at radius 2 is 2.04 bits per heavy atom. The second kappa shape index (κ2) is 6.85. The number of thiazole rings is 1. The van der Waals surface area contributed by atoms with Gasteiger partial charge in [0.15, 0.2) is 11.2 Å². The Bertz CT molecular complexity index is 1180. The van der Waals surface area contributed by atoms with Gasteiger partial charge in [-0.25, -0.2) is 9.78 Å². The van der Waals surface area contributed by atoms with E-state index in [9.17, 15) is 9.59 Å². The van der Waals surface area contributed by atoms with Gasteiger partial charge in [0, 0.05) is 17.5 Å². The number of para-hydroxylation sites is 1. The molecule has 4 aromatic rings. The van der Waals surface area contributed by atoms with E-state index in [1.54, 1.807) is 25.1 Å². The third-order valence-electron chi connectivity index (χ3n) is 4.13. The normalized spacial score (nSPS) is 12.2. The first-order chi connectivity index (χ1) is 13.0. The van der Waals surface area contributed by atoms with Crippen molar-refractivity contribution in [2.24, 2.45) is 0 Å². The lowest BCUT2D eigenvalue weighted by atomic mass is 10.1. The van der Waals surface area contributed by atoms with Crippen molar-refractivity contribution >= 4 is 43.6 Å². The van der Waals surface area contributed by atoms with Gasteiger partial charge >= 0.3 is 5.63 Å². The molecule has 1 atom stereocenters. The van der Waals surface area contributed by atoms with Gasteiger partial charge in [-0.05, 0) is 43.7 Å². The molecule has 0 saturated heterocycles. The third kappa shape index (κ3) is 3.54. The molecule has 0 aliphatic carbocycles. The van der Waals surface area contributed by atoms with Gasteiger partial charge in [-0.15, -0.1) is 0 Å². The van der Waals surface area contributed by atoms with Crippen molar-refractivity contribution in [3.63, 3.8) is 0 Å². The predicted molar refractivity (Wildman–Crippen MR) is 106 cm³/mol. The van der Waals surface area contributed by atoms with Crippen molar-refractivity contribution in [3.05, 3.63) is 64.5 Å². The molecule has 1 amide bonds. The molecule has 0 aliphatic rings. The Balaban J connectivity index is 1.50. The first-order valence-corrected chi connectivity index (χ1v) is 9.19. The fourth-order valence-corrected chi connectivity index (χ4v) is 3.64. The molecule has 0 radical (unpaired) electrons. The molecule has 0 bridgehead atoms. The summed E-state index contributed by atoms with van der Waals surface area (Å²) < 4.78 is 11.9. The highest BCUT2D eigenvalue weighted by atomic mass is 32.1. The van der Waals surface area contributed by atoms with Gasteiger partial charge in [-0.3, -0.25) is 10.1 Å². The minimum absolute atomic E-state index is 0.306. The molecular formula is C20H16N2O4S. The Morgan fingerprint density at radius 1 is 1.22 bits per heavy atom. The number of ether oxygens (including phenoxy) is 1. The molecule has 0 aliphatic heterocycles. The Kier molecular flexibility index (Phi) is 4.37. The number of carbonyl (C=O) groups is 1. The maximum Gasteiger partial charge on any atom is 0.336 e. The topological polar surface area (TPSA) is 81.4 Å². The van der Waals surface area contributed by atoms with Crippen molar-refractivity contribution in [2.75, 3.05) is 5.32 Å². The number of hydrogen-bond acceptors (Lipinski definition) is 6. The molecule has 2 aromatic carbocycles. The zero-order valence-corrected chi connectivity index (χ0v) is 15.5. The molecule has 6 nitrogen and oxygen atoms in total. The van der Waals surface area contributed by atoms with Crippen LogP contribution in [-0.2, 0) is 4.79 Å². The van der Waals surface area contributed by atoms with Gasteiger partial charge in [0.2, 0.25) is 0 Å². The average molecular weight is 380 g/mol. The van der Waals surface area contributed by atoms with Gasteiger partial charge in [0.25, 0.3) is 5.91 Å². The van der Waals surface area contributed by atoms with Gasteiger partial charge in [-0.2, -0.15) is 0 Å². The van der Waals surface area contributed by atoms with Crippen LogP contribution < -0.4 is 15.7 Å². The van der Waals surface area contributed by atoms with Crippen molar-refractivity contribution in [3.8, 4) is 5.75 Å². The average Bonchev–Trinajstić information content (AvgIpc) is 3.03. The van der Waals surface area contributed by atoms with Crippen LogP contribution in [-0.4, -0.2) is 17.0 Å². The van der Waals surface area contributed by atoms with Crippen LogP contribution in [0.5, 0.6) is 5.75 Å². The van der Waals surface area contributed by atoms with Gasteiger partial charge in [-0.1, -0.05) is 23.5 Å². The number of carbonyl (C=O) groups excluding carboxylic acids is 1. The summed E-state index contributed by atoms with van der Waals surface area (Å²) in [6.45, 7) is 3.49. The van der Waals surface area contributed by atoms with Crippen molar-refractivity contribution in [1.29, 1.82) is 0 Å². The molecule has 0 spiro atoms. The number of aryl methyl sites for hydroxylation is 1. The maximum atomic E-state index is 12.4. The molecule has 1 N–H and O–H groups in total. The predicted octanol–water partition coefficient (Wildman–Crippen LogP) is 4.12. The number of anilines is 1.